The third-order valence-electron chi connectivity index (χ3n) is 5.23. The number of benzene rings is 1. The van der Waals surface area contributed by atoms with Gasteiger partial charge in [0, 0.05) is 64.4 Å². The van der Waals surface area contributed by atoms with E-state index in [9.17, 15) is 0 Å². The van der Waals surface area contributed by atoms with Crippen LogP contribution in [-0.4, -0.2) is 65.6 Å². The quantitative estimate of drug-likeness (QED) is 0.437. The van der Waals surface area contributed by atoms with E-state index in [1.165, 1.54) is 0 Å². The van der Waals surface area contributed by atoms with Gasteiger partial charge >= 0.3 is 0 Å². The average Bonchev–Trinajstić information content (AvgIpc) is 2.87. The third kappa shape index (κ3) is 6.09. The number of rotatable bonds is 7. The second-order valence-corrected chi connectivity index (χ2v) is 7.43. The predicted molar refractivity (Wildman–Crippen MR) is 128 cm³/mol. The molecule has 0 radical (unpaired) electrons. The number of aromatic nitrogens is 3. The SMILES string of the molecule is CCOc1ccc(Oc2cc(CNC(=NC)N3CCN(c4ncccn4)CC3)ccn2)cc1. The average molecular weight is 448 g/mol. The predicted octanol–water partition coefficient (Wildman–Crippen LogP) is 2.96. The molecule has 9 heteroatoms. The Kier molecular flexibility index (Phi) is 7.52. The Balaban J connectivity index is 1.30. The van der Waals surface area contributed by atoms with E-state index in [0.717, 1.165) is 49.4 Å². The van der Waals surface area contributed by atoms with Gasteiger partial charge in [-0.2, -0.15) is 0 Å². The Bertz CT molecular complexity index is 1040. The summed E-state index contributed by atoms with van der Waals surface area (Å²) < 4.78 is 11.4. The largest absolute Gasteiger partial charge is 0.494 e. The highest BCUT2D eigenvalue weighted by Gasteiger charge is 2.21. The molecule has 0 atom stereocenters. The topological polar surface area (TPSA) is 88.0 Å². The zero-order valence-electron chi connectivity index (χ0n) is 19.0. The normalized spacial score (nSPS) is 14.2. The standard InChI is InChI=1S/C24H29N7O2/c1-3-32-20-5-7-21(8-6-20)33-22-17-19(9-12-26-22)18-29-23(25-2)30-13-15-31(16-14-30)24-27-10-4-11-28-24/h4-12,17H,3,13-16,18H2,1-2H3,(H,25,29). The van der Waals surface area contributed by atoms with Gasteiger partial charge in [0.2, 0.25) is 11.8 Å². The first kappa shape index (κ1) is 22.3. The summed E-state index contributed by atoms with van der Waals surface area (Å²) in [5.41, 5.74) is 1.06. The first-order chi connectivity index (χ1) is 16.2. The van der Waals surface area contributed by atoms with E-state index < -0.39 is 0 Å². The minimum atomic E-state index is 0.546. The van der Waals surface area contributed by atoms with Crippen LogP contribution < -0.4 is 19.7 Å². The Hall–Kier alpha value is -3.88. The van der Waals surface area contributed by atoms with Crippen LogP contribution in [0.3, 0.4) is 0 Å². The number of nitrogens with zero attached hydrogens (tertiary/aromatic N) is 6. The van der Waals surface area contributed by atoms with Crippen molar-refractivity contribution in [1.29, 1.82) is 0 Å². The van der Waals surface area contributed by atoms with Gasteiger partial charge in [-0.05, 0) is 48.9 Å². The minimum Gasteiger partial charge on any atom is -0.494 e. The van der Waals surface area contributed by atoms with E-state index in [4.69, 9.17) is 9.47 Å². The fourth-order valence-electron chi connectivity index (χ4n) is 3.59. The molecule has 1 aliphatic heterocycles. The first-order valence-electron chi connectivity index (χ1n) is 11.1. The summed E-state index contributed by atoms with van der Waals surface area (Å²) >= 11 is 0. The summed E-state index contributed by atoms with van der Waals surface area (Å²) in [5, 5.41) is 3.45. The molecule has 0 amide bonds. The number of pyridine rings is 1. The van der Waals surface area contributed by atoms with Gasteiger partial charge in [-0.3, -0.25) is 4.99 Å². The number of hydrogen-bond acceptors (Lipinski definition) is 7. The van der Waals surface area contributed by atoms with E-state index in [2.05, 4.69) is 35.1 Å². The second kappa shape index (κ2) is 11.1. The molecule has 4 rings (SSSR count). The van der Waals surface area contributed by atoms with Gasteiger partial charge in [-0.25, -0.2) is 15.0 Å². The minimum absolute atomic E-state index is 0.546. The van der Waals surface area contributed by atoms with Gasteiger partial charge in [0.1, 0.15) is 11.5 Å². The Morgan fingerprint density at radius 3 is 2.39 bits per heavy atom. The molecular formula is C24H29N7O2. The highest BCUT2D eigenvalue weighted by Crippen LogP contribution is 2.23. The van der Waals surface area contributed by atoms with E-state index >= 15 is 0 Å². The van der Waals surface area contributed by atoms with Gasteiger partial charge in [-0.1, -0.05) is 0 Å². The lowest BCUT2D eigenvalue weighted by Crippen LogP contribution is -2.52. The summed E-state index contributed by atoms with van der Waals surface area (Å²) in [6.07, 6.45) is 5.30. The number of guanidine groups is 1. The fraction of sp³-hybridized carbons (Fsp3) is 0.333. The van der Waals surface area contributed by atoms with Crippen molar-refractivity contribution in [1.82, 2.24) is 25.2 Å². The Morgan fingerprint density at radius 1 is 0.970 bits per heavy atom. The number of nitrogens with one attached hydrogen (secondary N) is 1. The van der Waals surface area contributed by atoms with Crippen molar-refractivity contribution in [2.75, 3.05) is 44.7 Å². The van der Waals surface area contributed by atoms with Crippen LogP contribution >= 0.6 is 0 Å². The maximum absolute atomic E-state index is 5.90. The zero-order chi connectivity index (χ0) is 22.9. The van der Waals surface area contributed by atoms with Crippen LogP contribution in [-0.2, 0) is 6.54 Å². The lowest BCUT2D eigenvalue weighted by atomic mass is 10.2. The van der Waals surface area contributed by atoms with Crippen LogP contribution in [0.1, 0.15) is 12.5 Å². The van der Waals surface area contributed by atoms with Crippen molar-refractivity contribution in [2.45, 2.75) is 13.5 Å². The van der Waals surface area contributed by atoms with Crippen molar-refractivity contribution in [2.24, 2.45) is 4.99 Å². The summed E-state index contributed by atoms with van der Waals surface area (Å²) in [6.45, 7) is 6.61. The number of piperazine rings is 1. The molecule has 0 unspecified atom stereocenters. The van der Waals surface area contributed by atoms with E-state index in [-0.39, 0.29) is 0 Å². The zero-order valence-corrected chi connectivity index (χ0v) is 19.0. The van der Waals surface area contributed by atoms with E-state index in [1.807, 2.05) is 56.4 Å². The van der Waals surface area contributed by atoms with Crippen molar-refractivity contribution in [3.05, 3.63) is 66.6 Å². The molecule has 33 heavy (non-hydrogen) atoms. The number of hydrogen-bond donors (Lipinski definition) is 1. The lowest BCUT2D eigenvalue weighted by Gasteiger charge is -2.36. The van der Waals surface area contributed by atoms with E-state index in [0.29, 0.717) is 24.8 Å². The summed E-state index contributed by atoms with van der Waals surface area (Å²) in [5.74, 6) is 3.72. The molecule has 3 heterocycles. The van der Waals surface area contributed by atoms with Gasteiger partial charge in [-0.15, -0.1) is 0 Å². The molecular weight excluding hydrogens is 418 g/mol. The maximum Gasteiger partial charge on any atom is 0.225 e. The third-order valence-corrected chi connectivity index (χ3v) is 5.23. The van der Waals surface area contributed by atoms with Crippen LogP contribution in [0.15, 0.2) is 66.0 Å². The molecule has 0 spiro atoms. The first-order valence-corrected chi connectivity index (χ1v) is 11.1. The van der Waals surface area contributed by atoms with Crippen LogP contribution in [0.5, 0.6) is 17.4 Å². The van der Waals surface area contributed by atoms with Gasteiger partial charge in [0.15, 0.2) is 5.96 Å². The Morgan fingerprint density at radius 2 is 1.70 bits per heavy atom. The molecule has 1 fully saturated rings. The van der Waals surface area contributed by atoms with Crippen molar-refractivity contribution >= 4 is 11.9 Å². The molecule has 0 aliphatic carbocycles. The van der Waals surface area contributed by atoms with Crippen LogP contribution in [0.4, 0.5) is 5.95 Å². The van der Waals surface area contributed by atoms with Gasteiger partial charge < -0.3 is 24.6 Å². The van der Waals surface area contributed by atoms with E-state index in [1.54, 1.807) is 18.6 Å². The Labute approximate surface area is 194 Å². The molecule has 1 saturated heterocycles. The summed E-state index contributed by atoms with van der Waals surface area (Å²) in [4.78, 5) is 21.9. The van der Waals surface area contributed by atoms with Crippen molar-refractivity contribution < 1.29 is 9.47 Å². The van der Waals surface area contributed by atoms with Gasteiger partial charge in [0.25, 0.3) is 0 Å². The number of anilines is 1. The highest BCUT2D eigenvalue weighted by atomic mass is 16.5. The summed E-state index contributed by atoms with van der Waals surface area (Å²) in [7, 11) is 1.81. The molecule has 0 saturated carbocycles. The second-order valence-electron chi connectivity index (χ2n) is 7.43. The molecule has 9 nitrogen and oxygen atoms in total. The maximum atomic E-state index is 5.90. The molecule has 3 aromatic rings. The van der Waals surface area contributed by atoms with Crippen molar-refractivity contribution in [3.63, 3.8) is 0 Å². The molecule has 1 aliphatic rings. The highest BCUT2D eigenvalue weighted by molar-refractivity contribution is 5.80. The fourth-order valence-corrected chi connectivity index (χ4v) is 3.59. The number of aliphatic imine (C=N–C) groups is 1. The van der Waals surface area contributed by atoms with Crippen LogP contribution in [0.2, 0.25) is 0 Å². The monoisotopic (exact) mass is 447 g/mol. The molecule has 1 N–H and O–H groups in total. The van der Waals surface area contributed by atoms with Gasteiger partial charge in [0.05, 0.1) is 6.61 Å². The lowest BCUT2D eigenvalue weighted by molar-refractivity contribution is 0.339. The molecule has 0 bridgehead atoms. The molecule has 2 aromatic heterocycles. The van der Waals surface area contributed by atoms with Crippen LogP contribution in [0, 0.1) is 0 Å². The summed E-state index contributed by atoms with van der Waals surface area (Å²) in [6, 6.07) is 13.3. The molecule has 172 valence electrons. The molecule has 1 aromatic carbocycles. The van der Waals surface area contributed by atoms with Crippen LogP contribution in [0.25, 0.3) is 0 Å². The smallest absolute Gasteiger partial charge is 0.225 e. The number of ether oxygens (including phenoxy) is 2. The van der Waals surface area contributed by atoms with Crippen molar-refractivity contribution in [3.8, 4) is 17.4 Å².